The van der Waals surface area contributed by atoms with Gasteiger partial charge in [0.15, 0.2) is 0 Å². The summed E-state index contributed by atoms with van der Waals surface area (Å²) in [6.07, 6.45) is 54.9. The molecule has 0 aromatic rings. The molecule has 20 aliphatic rings. The minimum absolute atomic E-state index is 0.917. The molecule has 4 heteroatoms. The minimum Gasteiger partial charge on any atom is -0.235 e. The highest BCUT2D eigenvalue weighted by Gasteiger charge is 2.66. The van der Waals surface area contributed by atoms with E-state index in [9.17, 15) is 0 Å². The molecule has 312 valence electrons. The van der Waals surface area contributed by atoms with Crippen LogP contribution in [0.1, 0.15) is 245 Å². The second-order valence-electron chi connectivity index (χ2n) is 22.0. The van der Waals surface area contributed by atoms with Gasteiger partial charge in [-0.15, -0.1) is 0 Å². The van der Waals surface area contributed by atoms with Crippen LogP contribution in [0, 0.1) is 79.6 Å². The summed E-state index contributed by atoms with van der Waals surface area (Å²) in [5.41, 5.74) is 1.83. The third kappa shape index (κ3) is 33.1. The van der Waals surface area contributed by atoms with Crippen molar-refractivity contribution in [3.8, 4) is 0 Å². The fraction of sp³-hybridized carbons (Fsp3) is 1.00. The van der Waals surface area contributed by atoms with Crippen molar-refractivity contribution in [2.24, 2.45) is 70.0 Å². The summed E-state index contributed by atoms with van der Waals surface area (Å²) in [6, 6.07) is 0. The molecule has 54 heavy (non-hydrogen) atoms. The minimum atomic E-state index is 0.917. The normalized spacial score (nSPS) is 43.4. The molecule has 2 nitrogen and oxygen atoms in total. The van der Waals surface area contributed by atoms with E-state index < -0.39 is 0 Å². The quantitative estimate of drug-likeness (QED) is 0.257. The summed E-state index contributed by atoms with van der Waals surface area (Å²) in [5.74, 6) is 12.4. The number of fused-ring (bicyclic) bond motifs is 6. The Bertz CT molecular complexity index is 774. The summed E-state index contributed by atoms with van der Waals surface area (Å²) in [7, 11) is 0. The van der Waals surface area contributed by atoms with E-state index in [1.54, 1.807) is 77.0 Å². The van der Waals surface area contributed by atoms with Crippen LogP contribution < -0.4 is 0 Å². The molecule has 0 radical (unpaired) electrons. The molecular weight excluding hydrogens is 693 g/mol. The smallest absolute Gasteiger partial charge is 0.0324 e. The van der Waals surface area contributed by atoms with Gasteiger partial charge in [0.1, 0.15) is 0 Å². The third-order valence-electron chi connectivity index (χ3n) is 12.9. The molecular formula is C50H90N2S2. The van der Waals surface area contributed by atoms with Gasteiger partial charge in [-0.25, -0.2) is 9.56 Å². The van der Waals surface area contributed by atoms with E-state index in [1.807, 2.05) is 0 Å². The highest BCUT2D eigenvalue weighted by atomic mass is 32.1. The summed E-state index contributed by atoms with van der Waals surface area (Å²) >= 11 is 6.67. The monoisotopic (exact) mass is 783 g/mol. The Labute approximate surface area is 347 Å². The molecule has 0 saturated heterocycles. The molecule has 0 atom stereocenters. The summed E-state index contributed by atoms with van der Waals surface area (Å²) in [4.78, 5) is 0. The van der Waals surface area contributed by atoms with Crippen molar-refractivity contribution in [1.29, 1.82) is 9.56 Å². The summed E-state index contributed by atoms with van der Waals surface area (Å²) in [6.45, 7) is 4.75. The molecule has 0 spiro atoms. The number of hydrogen-bond acceptors (Lipinski definition) is 4. The van der Waals surface area contributed by atoms with Gasteiger partial charge in [0, 0.05) is 24.9 Å². The standard InChI is InChI=1S/2C5H8.4C4H6.8C3H6.2HNS/c2*1-5-2-4(5)3-5;4*1-3-2-4(1)3;8*1-2-3-1;2*1-2/h2*4H,2-3H2,1H3;4*3-4H,1-2H2;8*1-3H2;2*1H. The summed E-state index contributed by atoms with van der Waals surface area (Å²) < 4.78 is 10.7. The summed E-state index contributed by atoms with van der Waals surface area (Å²) in [5, 5.41) is 0. The van der Waals surface area contributed by atoms with Crippen molar-refractivity contribution < 1.29 is 0 Å². The molecule has 0 aliphatic heterocycles. The Hall–Kier alpha value is 0.0400. The van der Waals surface area contributed by atoms with Crippen molar-refractivity contribution in [1.82, 2.24) is 0 Å². The van der Waals surface area contributed by atoms with E-state index in [0.29, 0.717) is 0 Å². The molecule has 0 bridgehead atoms. The molecule has 0 unspecified atom stereocenters. The maximum Gasteiger partial charge on any atom is 0.0324 e. The molecule has 0 amide bonds. The predicted molar refractivity (Wildman–Crippen MR) is 237 cm³/mol. The van der Waals surface area contributed by atoms with E-state index in [1.165, 1.54) is 213 Å². The molecule has 20 saturated carbocycles. The maximum atomic E-state index is 5.33. The SMILES string of the molecule is C1C2CC12.C1C2CC12.C1C2CC12.C1C2CC12.C1CC1.C1CC1.C1CC1.C1CC1.C1CC1.C1CC1.C1CC1.C1CC1.CC12CC1C2.CC12CC1C2.N=S.N=S. The zero-order valence-corrected chi connectivity index (χ0v) is 37.7. The topological polar surface area (TPSA) is 47.7 Å². The lowest BCUT2D eigenvalue weighted by Crippen LogP contribution is -1.67. The van der Waals surface area contributed by atoms with Gasteiger partial charge in [0.05, 0.1) is 0 Å². The Kier molecular flexibility index (Phi) is 19.7. The highest BCUT2D eigenvalue weighted by Crippen LogP contribution is 2.75. The van der Waals surface area contributed by atoms with Gasteiger partial charge < -0.3 is 0 Å². The van der Waals surface area contributed by atoms with Crippen LogP contribution in [0.2, 0.25) is 0 Å². The molecule has 2 N–H and O–H groups in total. The lowest BCUT2D eigenvalue weighted by Gasteiger charge is -1.79. The fourth-order valence-electron chi connectivity index (χ4n) is 4.10. The first kappa shape index (κ1) is 45.1. The van der Waals surface area contributed by atoms with E-state index in [0.717, 1.165) is 10.8 Å². The fourth-order valence-corrected chi connectivity index (χ4v) is 4.10. The Morgan fingerprint density at radius 1 is 0.259 bits per heavy atom. The largest absolute Gasteiger partial charge is 0.235 e. The van der Waals surface area contributed by atoms with Crippen LogP contribution >= 0.6 is 0 Å². The van der Waals surface area contributed by atoms with Gasteiger partial charge in [-0.2, -0.15) is 0 Å². The van der Waals surface area contributed by atoms with Gasteiger partial charge in [-0.05, 0) is 147 Å². The average Bonchev–Trinajstić information content (AvgIpc) is 3.88. The van der Waals surface area contributed by atoms with Crippen LogP contribution in [0.25, 0.3) is 0 Å². The molecule has 0 aromatic carbocycles. The second kappa shape index (κ2) is 23.6. The first-order chi connectivity index (χ1) is 26.5. The van der Waals surface area contributed by atoms with Gasteiger partial charge in [0.25, 0.3) is 0 Å². The van der Waals surface area contributed by atoms with Crippen LogP contribution in [0.3, 0.4) is 0 Å². The maximum absolute atomic E-state index is 5.33. The molecule has 0 aromatic heterocycles. The predicted octanol–water partition coefficient (Wildman–Crippen LogP) is 16.9. The van der Waals surface area contributed by atoms with Crippen LogP contribution in [0.15, 0.2) is 0 Å². The van der Waals surface area contributed by atoms with E-state index in [4.69, 9.17) is 9.56 Å². The zero-order valence-electron chi connectivity index (χ0n) is 36.0. The van der Waals surface area contributed by atoms with Crippen molar-refractivity contribution >= 4 is 24.9 Å². The van der Waals surface area contributed by atoms with Crippen LogP contribution in [0.5, 0.6) is 0 Å². The third-order valence-corrected chi connectivity index (χ3v) is 12.9. The number of nitrogens with one attached hydrogen (secondary N) is 2. The second-order valence-corrected chi connectivity index (χ2v) is 22.0. The lowest BCUT2D eigenvalue weighted by molar-refractivity contribution is 0.723. The van der Waals surface area contributed by atoms with E-state index >= 15 is 0 Å². The van der Waals surface area contributed by atoms with Crippen molar-refractivity contribution in [2.45, 2.75) is 245 Å². The molecule has 20 fully saturated rings. The first-order valence-electron chi connectivity index (χ1n) is 24.9. The number of hydrogen-bond donors (Lipinski definition) is 2. The lowest BCUT2D eigenvalue weighted by atomic mass is 10.3. The Morgan fingerprint density at radius 2 is 0.315 bits per heavy atom. The van der Waals surface area contributed by atoms with Crippen molar-refractivity contribution in [3.05, 3.63) is 0 Å². The van der Waals surface area contributed by atoms with Crippen molar-refractivity contribution in [2.75, 3.05) is 0 Å². The number of rotatable bonds is 0. The first-order valence-corrected chi connectivity index (χ1v) is 25.7. The average molecular weight is 783 g/mol. The van der Waals surface area contributed by atoms with E-state index in [2.05, 4.69) is 38.7 Å². The van der Waals surface area contributed by atoms with Crippen LogP contribution in [-0.2, 0) is 24.9 Å². The molecule has 0 heterocycles. The Balaban J connectivity index is 0.000000112. The van der Waals surface area contributed by atoms with Crippen LogP contribution in [0.4, 0.5) is 0 Å². The Morgan fingerprint density at radius 3 is 0.315 bits per heavy atom. The van der Waals surface area contributed by atoms with Gasteiger partial charge >= 0.3 is 0 Å². The van der Waals surface area contributed by atoms with Gasteiger partial charge in [-0.3, -0.25) is 0 Å². The van der Waals surface area contributed by atoms with Crippen LogP contribution in [-0.4, -0.2) is 0 Å². The molecule has 20 aliphatic carbocycles. The molecule has 20 rings (SSSR count). The van der Waals surface area contributed by atoms with Gasteiger partial charge in [-0.1, -0.05) is 168 Å². The highest BCUT2D eigenvalue weighted by molar-refractivity contribution is 7.45. The van der Waals surface area contributed by atoms with E-state index in [-0.39, 0.29) is 0 Å². The van der Waals surface area contributed by atoms with Gasteiger partial charge in [0.2, 0.25) is 0 Å². The van der Waals surface area contributed by atoms with Crippen molar-refractivity contribution in [3.63, 3.8) is 0 Å². The zero-order chi connectivity index (χ0) is 38.2.